The molecular weight excluding hydrogens is 168 g/mol. The molecule has 0 aliphatic carbocycles. The highest BCUT2D eigenvalue weighted by Gasteiger charge is 1.62. The quantitative estimate of drug-likeness (QED) is 0.547. The Labute approximate surface area is 86.7 Å². The lowest BCUT2D eigenvalue weighted by atomic mass is 10.3. The lowest BCUT2D eigenvalue weighted by Gasteiger charge is -1.73. The number of hydrogen-bond donors (Lipinski definition) is 0. The molecule has 1 radical (unpaired) electrons. The minimum atomic E-state index is 1.49. The van der Waals surface area contributed by atoms with Crippen molar-refractivity contribution in [1.82, 2.24) is 0 Å². The SMILES string of the molecule is [CH]=C/C=C/C=C/C=C/C=C/C=C/C=C. The van der Waals surface area contributed by atoms with Crippen LogP contribution in [0.25, 0.3) is 0 Å². The second kappa shape index (κ2) is 11.2. The van der Waals surface area contributed by atoms with Gasteiger partial charge < -0.3 is 0 Å². The van der Waals surface area contributed by atoms with Crippen LogP contribution in [0.5, 0.6) is 0 Å². The summed E-state index contributed by atoms with van der Waals surface area (Å²) >= 11 is 0. The molecular formula is C14H15. The monoisotopic (exact) mass is 183 g/mol. The van der Waals surface area contributed by atoms with Crippen molar-refractivity contribution in [3.05, 3.63) is 86.1 Å². The van der Waals surface area contributed by atoms with Crippen LogP contribution in [0.15, 0.2) is 79.5 Å². The maximum Gasteiger partial charge on any atom is -0.0623 e. The maximum absolute atomic E-state index is 5.15. The third-order valence-electron chi connectivity index (χ3n) is 1.25. The van der Waals surface area contributed by atoms with Gasteiger partial charge in [-0.15, -0.1) is 0 Å². The van der Waals surface area contributed by atoms with E-state index in [4.69, 9.17) is 6.58 Å². The van der Waals surface area contributed by atoms with Gasteiger partial charge in [-0.3, -0.25) is 0 Å². The van der Waals surface area contributed by atoms with Gasteiger partial charge in [-0.1, -0.05) is 86.1 Å². The van der Waals surface area contributed by atoms with Gasteiger partial charge in [0.1, 0.15) is 0 Å². The molecule has 0 amide bonds. The first-order valence-corrected chi connectivity index (χ1v) is 4.41. The van der Waals surface area contributed by atoms with Gasteiger partial charge in [0, 0.05) is 0 Å². The van der Waals surface area contributed by atoms with Gasteiger partial charge in [-0.25, -0.2) is 0 Å². The van der Waals surface area contributed by atoms with Crippen LogP contribution in [-0.4, -0.2) is 0 Å². The van der Waals surface area contributed by atoms with Crippen molar-refractivity contribution < 1.29 is 0 Å². The van der Waals surface area contributed by atoms with Crippen LogP contribution in [0.1, 0.15) is 0 Å². The number of rotatable bonds is 6. The summed E-state index contributed by atoms with van der Waals surface area (Å²) in [5.41, 5.74) is 0. The molecule has 0 bridgehead atoms. The second-order valence-electron chi connectivity index (χ2n) is 2.35. The lowest BCUT2D eigenvalue weighted by Crippen LogP contribution is -1.51. The molecule has 0 aliphatic heterocycles. The van der Waals surface area contributed by atoms with Crippen LogP contribution in [0.3, 0.4) is 0 Å². The first-order chi connectivity index (χ1) is 6.91. The van der Waals surface area contributed by atoms with Crippen LogP contribution in [0.2, 0.25) is 0 Å². The molecule has 0 nitrogen and oxygen atoms in total. The van der Waals surface area contributed by atoms with Crippen LogP contribution in [0.4, 0.5) is 0 Å². The van der Waals surface area contributed by atoms with E-state index in [1.807, 2.05) is 54.7 Å². The predicted octanol–water partition coefficient (Wildman–Crippen LogP) is 3.94. The summed E-state index contributed by atoms with van der Waals surface area (Å²) in [5, 5.41) is 0. The van der Waals surface area contributed by atoms with Gasteiger partial charge in [-0.2, -0.15) is 0 Å². The zero-order chi connectivity index (χ0) is 10.5. The summed E-state index contributed by atoms with van der Waals surface area (Å²) in [7, 11) is 0. The Kier molecular flexibility index (Phi) is 9.73. The van der Waals surface area contributed by atoms with Gasteiger partial charge in [0.25, 0.3) is 0 Å². The molecule has 0 spiro atoms. The molecule has 0 aromatic heterocycles. The average Bonchev–Trinajstić information content (AvgIpc) is 2.21. The van der Waals surface area contributed by atoms with Crippen molar-refractivity contribution in [2.75, 3.05) is 0 Å². The van der Waals surface area contributed by atoms with E-state index in [2.05, 4.69) is 6.58 Å². The molecule has 0 aliphatic rings. The highest BCUT2D eigenvalue weighted by molar-refractivity contribution is 5.19. The molecule has 0 aromatic carbocycles. The Bertz CT molecular complexity index is 253. The van der Waals surface area contributed by atoms with Gasteiger partial charge in [0.2, 0.25) is 0 Å². The van der Waals surface area contributed by atoms with E-state index in [1.54, 1.807) is 12.2 Å². The molecule has 0 atom stereocenters. The summed E-state index contributed by atoms with van der Waals surface area (Å²) < 4.78 is 0. The van der Waals surface area contributed by atoms with E-state index in [0.29, 0.717) is 0 Å². The van der Waals surface area contributed by atoms with Gasteiger partial charge in [0.15, 0.2) is 0 Å². The van der Waals surface area contributed by atoms with E-state index in [9.17, 15) is 0 Å². The van der Waals surface area contributed by atoms with Crippen molar-refractivity contribution in [1.29, 1.82) is 0 Å². The van der Waals surface area contributed by atoms with Gasteiger partial charge in [0.05, 0.1) is 0 Å². The lowest BCUT2D eigenvalue weighted by molar-refractivity contribution is 1.84. The van der Waals surface area contributed by atoms with E-state index in [1.165, 1.54) is 6.08 Å². The zero-order valence-corrected chi connectivity index (χ0v) is 8.21. The predicted molar refractivity (Wildman–Crippen MR) is 64.8 cm³/mol. The van der Waals surface area contributed by atoms with Crippen molar-refractivity contribution in [2.45, 2.75) is 0 Å². The van der Waals surface area contributed by atoms with E-state index >= 15 is 0 Å². The molecule has 0 saturated heterocycles. The highest BCUT2D eigenvalue weighted by atomic mass is 13.7. The normalized spacial score (nSPS) is 12.9. The summed E-state index contributed by atoms with van der Waals surface area (Å²) in [6.45, 7) is 8.71. The van der Waals surface area contributed by atoms with E-state index in [-0.39, 0.29) is 0 Å². The summed E-state index contributed by atoms with van der Waals surface area (Å²) in [5.74, 6) is 0. The summed E-state index contributed by atoms with van der Waals surface area (Å²) in [6, 6.07) is 0. The smallest absolute Gasteiger partial charge is 0.0623 e. The van der Waals surface area contributed by atoms with Gasteiger partial charge >= 0.3 is 0 Å². The zero-order valence-electron chi connectivity index (χ0n) is 8.21. The maximum atomic E-state index is 5.15. The second-order valence-corrected chi connectivity index (χ2v) is 2.35. The molecule has 0 heterocycles. The van der Waals surface area contributed by atoms with Crippen molar-refractivity contribution >= 4 is 0 Å². The highest BCUT2D eigenvalue weighted by Crippen LogP contribution is 1.83. The first-order valence-electron chi connectivity index (χ1n) is 4.41. The molecule has 0 aromatic rings. The van der Waals surface area contributed by atoms with Crippen LogP contribution in [-0.2, 0) is 0 Å². The number of allylic oxidation sites excluding steroid dienone is 12. The molecule has 0 rings (SSSR count). The van der Waals surface area contributed by atoms with Crippen molar-refractivity contribution in [3.63, 3.8) is 0 Å². The Hall–Kier alpha value is -1.82. The van der Waals surface area contributed by atoms with E-state index < -0.39 is 0 Å². The van der Waals surface area contributed by atoms with Crippen molar-refractivity contribution in [3.8, 4) is 0 Å². The summed E-state index contributed by atoms with van der Waals surface area (Å²) in [4.78, 5) is 0. The fourth-order valence-corrected chi connectivity index (χ4v) is 0.656. The van der Waals surface area contributed by atoms with Crippen LogP contribution < -0.4 is 0 Å². The molecule has 0 unspecified atom stereocenters. The largest absolute Gasteiger partial charge is 0.0991 e. The molecule has 14 heavy (non-hydrogen) atoms. The van der Waals surface area contributed by atoms with Crippen LogP contribution >= 0.6 is 0 Å². The molecule has 0 heteroatoms. The topological polar surface area (TPSA) is 0 Å². The van der Waals surface area contributed by atoms with Gasteiger partial charge in [-0.05, 0) is 0 Å². The third-order valence-corrected chi connectivity index (χ3v) is 1.25. The van der Waals surface area contributed by atoms with Crippen molar-refractivity contribution in [2.24, 2.45) is 0 Å². The summed E-state index contributed by atoms with van der Waals surface area (Å²) in [6.07, 6.45) is 22.3. The third kappa shape index (κ3) is 10.2. The Balaban J connectivity index is 3.72. The molecule has 0 fully saturated rings. The Morgan fingerprint density at radius 2 is 0.929 bits per heavy atom. The van der Waals surface area contributed by atoms with Crippen LogP contribution in [0, 0.1) is 6.58 Å². The fourth-order valence-electron chi connectivity index (χ4n) is 0.656. The Morgan fingerprint density at radius 3 is 1.29 bits per heavy atom. The average molecular weight is 183 g/mol. The molecule has 0 N–H and O–H groups in total. The van der Waals surface area contributed by atoms with E-state index in [0.717, 1.165) is 0 Å². The minimum absolute atomic E-state index is 1.49. The molecule has 0 saturated carbocycles. The molecule has 71 valence electrons. The number of hydrogen-bond acceptors (Lipinski definition) is 0. The minimum Gasteiger partial charge on any atom is -0.0991 e. The first kappa shape index (κ1) is 12.2. The Morgan fingerprint density at radius 1 is 0.571 bits per heavy atom. The fraction of sp³-hybridized carbons (Fsp3) is 0. The standard InChI is InChI=1S/C14H15/c1-3-5-7-9-11-13-14-12-10-8-6-4-2/h1,3-14H,2H2/b3-1?,7-5+,8-6+,11-9+,12-10+,14-13+.